The highest BCUT2D eigenvalue weighted by molar-refractivity contribution is 9.10. The summed E-state index contributed by atoms with van der Waals surface area (Å²) in [6, 6.07) is 7.86. The minimum absolute atomic E-state index is 0.401. The first kappa shape index (κ1) is 11.1. The van der Waals surface area contributed by atoms with Crippen molar-refractivity contribution in [3.63, 3.8) is 0 Å². The second kappa shape index (κ2) is 5.02. The van der Waals surface area contributed by atoms with Crippen molar-refractivity contribution in [2.24, 2.45) is 0 Å². The van der Waals surface area contributed by atoms with Crippen LogP contribution in [0.2, 0.25) is 0 Å². The summed E-state index contributed by atoms with van der Waals surface area (Å²) >= 11 is 3.40. The molecule has 2 nitrogen and oxygen atoms in total. The molecular formula is C11H12BrNO. The van der Waals surface area contributed by atoms with E-state index in [9.17, 15) is 0 Å². The largest absolute Gasteiger partial charge is 0.476 e. The molecule has 0 amide bonds. The van der Waals surface area contributed by atoms with E-state index in [0.29, 0.717) is 0 Å². The van der Waals surface area contributed by atoms with Gasteiger partial charge in [-0.05, 0) is 37.1 Å². The Labute approximate surface area is 92.6 Å². The van der Waals surface area contributed by atoms with Crippen LogP contribution < -0.4 is 4.74 Å². The van der Waals surface area contributed by atoms with Gasteiger partial charge in [-0.1, -0.05) is 22.9 Å². The van der Waals surface area contributed by atoms with Crippen LogP contribution in [0.3, 0.4) is 0 Å². The lowest BCUT2D eigenvalue weighted by molar-refractivity contribution is 0.274. The van der Waals surface area contributed by atoms with Crippen LogP contribution in [0.4, 0.5) is 0 Å². The molecule has 0 radical (unpaired) electrons. The summed E-state index contributed by atoms with van der Waals surface area (Å²) in [5, 5.41) is 8.63. The maximum atomic E-state index is 8.63. The first-order valence-electron chi connectivity index (χ1n) is 4.52. The molecule has 3 heteroatoms. The average molecular weight is 254 g/mol. The second-order valence-corrected chi connectivity index (χ2v) is 3.91. The summed E-state index contributed by atoms with van der Waals surface area (Å²) in [5.41, 5.74) is 1.11. The van der Waals surface area contributed by atoms with Crippen molar-refractivity contribution in [1.82, 2.24) is 0 Å². The van der Waals surface area contributed by atoms with Gasteiger partial charge in [-0.2, -0.15) is 5.26 Å². The molecule has 14 heavy (non-hydrogen) atoms. The summed E-state index contributed by atoms with van der Waals surface area (Å²) < 4.78 is 6.49. The molecular weight excluding hydrogens is 242 g/mol. The fraction of sp³-hybridized carbons (Fsp3) is 0.364. The third-order valence-corrected chi connectivity index (χ3v) is 2.38. The molecule has 0 bridgehead atoms. The van der Waals surface area contributed by atoms with Gasteiger partial charge < -0.3 is 4.74 Å². The van der Waals surface area contributed by atoms with E-state index in [1.165, 1.54) is 0 Å². The van der Waals surface area contributed by atoms with Gasteiger partial charge in [0.05, 0.1) is 0 Å². The molecule has 74 valence electrons. The van der Waals surface area contributed by atoms with Gasteiger partial charge in [0.2, 0.25) is 0 Å². The first-order chi connectivity index (χ1) is 6.67. The number of ether oxygens (including phenoxy) is 1. The molecule has 0 fully saturated rings. The highest BCUT2D eigenvalue weighted by Crippen LogP contribution is 2.24. The zero-order valence-electron chi connectivity index (χ0n) is 8.25. The predicted octanol–water partition coefficient (Wildman–Crippen LogP) is 3.30. The van der Waals surface area contributed by atoms with E-state index in [1.807, 2.05) is 24.3 Å². The highest BCUT2D eigenvalue weighted by Gasteiger charge is 2.06. The minimum Gasteiger partial charge on any atom is -0.476 e. The van der Waals surface area contributed by atoms with Crippen molar-refractivity contribution in [2.45, 2.75) is 26.4 Å². The van der Waals surface area contributed by atoms with Crippen LogP contribution in [0.25, 0.3) is 0 Å². The summed E-state index contributed by atoms with van der Waals surface area (Å²) in [5.74, 6) is 0.796. The Morgan fingerprint density at radius 2 is 2.29 bits per heavy atom. The maximum Gasteiger partial charge on any atom is 0.181 e. The number of nitriles is 1. The van der Waals surface area contributed by atoms with Crippen LogP contribution in [0.5, 0.6) is 5.75 Å². The van der Waals surface area contributed by atoms with E-state index in [4.69, 9.17) is 10.00 Å². The minimum atomic E-state index is -0.401. The van der Waals surface area contributed by atoms with E-state index in [-0.39, 0.29) is 0 Å². The molecule has 0 aliphatic heterocycles. The molecule has 0 saturated heterocycles. The zero-order chi connectivity index (χ0) is 10.6. The van der Waals surface area contributed by atoms with E-state index < -0.39 is 6.10 Å². The van der Waals surface area contributed by atoms with Gasteiger partial charge >= 0.3 is 0 Å². The molecule has 1 atom stereocenters. The molecule has 1 aromatic rings. The normalized spacial score (nSPS) is 11.9. The van der Waals surface area contributed by atoms with Gasteiger partial charge in [0.1, 0.15) is 11.8 Å². The molecule has 0 N–H and O–H groups in total. The van der Waals surface area contributed by atoms with Crippen molar-refractivity contribution >= 4 is 15.9 Å². The number of benzene rings is 1. The second-order valence-electron chi connectivity index (χ2n) is 2.99. The van der Waals surface area contributed by atoms with Crippen molar-refractivity contribution < 1.29 is 4.74 Å². The molecule has 0 aromatic heterocycles. The standard InChI is InChI=1S/C11H12BrNO/c1-3-9-6-10(12)4-5-11(9)14-8(2)7-13/h4-6,8H,3H2,1-2H3. The van der Waals surface area contributed by atoms with Crippen LogP contribution in [0.1, 0.15) is 19.4 Å². The van der Waals surface area contributed by atoms with Crippen LogP contribution in [0, 0.1) is 11.3 Å². The Balaban J connectivity index is 2.92. The van der Waals surface area contributed by atoms with Crippen LogP contribution >= 0.6 is 15.9 Å². The summed E-state index contributed by atoms with van der Waals surface area (Å²) in [4.78, 5) is 0. The number of hydrogen-bond acceptors (Lipinski definition) is 2. The van der Waals surface area contributed by atoms with Gasteiger partial charge in [-0.3, -0.25) is 0 Å². The Kier molecular flexibility index (Phi) is 3.97. The number of hydrogen-bond donors (Lipinski definition) is 0. The molecule has 1 rings (SSSR count). The zero-order valence-corrected chi connectivity index (χ0v) is 9.84. The fourth-order valence-corrected chi connectivity index (χ4v) is 1.56. The van der Waals surface area contributed by atoms with Crippen molar-refractivity contribution in [3.8, 4) is 11.8 Å². The Hall–Kier alpha value is -1.01. The molecule has 0 saturated carbocycles. The van der Waals surface area contributed by atoms with Gasteiger partial charge in [0.25, 0.3) is 0 Å². The number of rotatable bonds is 3. The van der Waals surface area contributed by atoms with Gasteiger partial charge in [-0.15, -0.1) is 0 Å². The number of aryl methyl sites for hydroxylation is 1. The monoisotopic (exact) mass is 253 g/mol. The molecule has 1 aromatic carbocycles. The van der Waals surface area contributed by atoms with Crippen LogP contribution in [-0.4, -0.2) is 6.10 Å². The van der Waals surface area contributed by atoms with Crippen molar-refractivity contribution in [2.75, 3.05) is 0 Å². The van der Waals surface area contributed by atoms with Crippen molar-refractivity contribution in [3.05, 3.63) is 28.2 Å². The Morgan fingerprint density at radius 1 is 1.57 bits per heavy atom. The molecule has 0 heterocycles. The predicted molar refractivity (Wildman–Crippen MR) is 59.2 cm³/mol. The lowest BCUT2D eigenvalue weighted by atomic mass is 10.1. The average Bonchev–Trinajstić information content (AvgIpc) is 2.20. The van der Waals surface area contributed by atoms with Gasteiger partial charge in [-0.25, -0.2) is 0 Å². The third-order valence-electron chi connectivity index (χ3n) is 1.89. The fourth-order valence-electron chi connectivity index (χ4n) is 1.16. The molecule has 1 unspecified atom stereocenters. The van der Waals surface area contributed by atoms with Gasteiger partial charge in [0, 0.05) is 4.47 Å². The van der Waals surface area contributed by atoms with E-state index >= 15 is 0 Å². The highest BCUT2D eigenvalue weighted by atomic mass is 79.9. The quantitative estimate of drug-likeness (QED) is 0.829. The van der Waals surface area contributed by atoms with Crippen LogP contribution in [0.15, 0.2) is 22.7 Å². The number of halogens is 1. The Morgan fingerprint density at radius 3 is 2.86 bits per heavy atom. The molecule has 0 spiro atoms. The first-order valence-corrected chi connectivity index (χ1v) is 5.31. The SMILES string of the molecule is CCc1cc(Br)ccc1OC(C)C#N. The Bertz CT molecular complexity index is 357. The lowest BCUT2D eigenvalue weighted by Crippen LogP contribution is -2.09. The van der Waals surface area contributed by atoms with Gasteiger partial charge in [0.15, 0.2) is 6.10 Å². The topological polar surface area (TPSA) is 33.0 Å². The third kappa shape index (κ3) is 2.74. The molecule has 0 aliphatic rings. The van der Waals surface area contributed by atoms with E-state index in [2.05, 4.69) is 22.9 Å². The van der Waals surface area contributed by atoms with E-state index in [1.54, 1.807) is 6.92 Å². The van der Waals surface area contributed by atoms with E-state index in [0.717, 1.165) is 22.2 Å². The van der Waals surface area contributed by atoms with Crippen LogP contribution in [-0.2, 0) is 6.42 Å². The summed E-state index contributed by atoms with van der Waals surface area (Å²) in [7, 11) is 0. The summed E-state index contributed by atoms with van der Waals surface area (Å²) in [6.07, 6.45) is 0.494. The molecule has 0 aliphatic carbocycles. The summed E-state index contributed by atoms with van der Waals surface area (Å²) in [6.45, 7) is 3.80. The van der Waals surface area contributed by atoms with Crippen molar-refractivity contribution in [1.29, 1.82) is 5.26 Å². The number of nitrogens with zero attached hydrogens (tertiary/aromatic N) is 1. The smallest absolute Gasteiger partial charge is 0.181 e. The lowest BCUT2D eigenvalue weighted by Gasteiger charge is -2.11. The maximum absolute atomic E-state index is 8.63.